The molecule has 0 aromatic carbocycles. The lowest BCUT2D eigenvalue weighted by Crippen LogP contribution is -2.20. The Kier molecular flexibility index (Phi) is 4.02. The maximum Gasteiger partial charge on any atom is 0.433 e. The van der Waals surface area contributed by atoms with Crippen LogP contribution in [0.4, 0.5) is 24.5 Å². The highest BCUT2D eigenvalue weighted by molar-refractivity contribution is 5.66. The molecule has 0 amide bonds. The monoisotopic (exact) mass is 296 g/mol. The molecular weight excluding hydrogens is 281 g/mol. The zero-order chi connectivity index (χ0) is 15.6. The normalized spacial score (nSPS) is 11.5. The van der Waals surface area contributed by atoms with Crippen LogP contribution in [0, 0.1) is 6.92 Å². The van der Waals surface area contributed by atoms with Crippen LogP contribution in [0.3, 0.4) is 0 Å². The van der Waals surface area contributed by atoms with Crippen LogP contribution in [-0.4, -0.2) is 17.0 Å². The first-order chi connectivity index (χ1) is 9.77. The van der Waals surface area contributed by atoms with Gasteiger partial charge in [-0.1, -0.05) is 6.07 Å². The van der Waals surface area contributed by atoms with Crippen molar-refractivity contribution in [2.24, 2.45) is 0 Å². The van der Waals surface area contributed by atoms with Crippen molar-refractivity contribution in [3.8, 4) is 0 Å². The zero-order valence-corrected chi connectivity index (χ0v) is 11.6. The van der Waals surface area contributed by atoms with Crippen molar-refractivity contribution in [2.75, 3.05) is 17.7 Å². The van der Waals surface area contributed by atoms with E-state index >= 15 is 0 Å². The van der Waals surface area contributed by atoms with Crippen LogP contribution in [0.25, 0.3) is 0 Å². The van der Waals surface area contributed by atoms with Crippen molar-refractivity contribution in [2.45, 2.75) is 19.6 Å². The lowest BCUT2D eigenvalue weighted by Gasteiger charge is -2.21. The molecule has 0 fully saturated rings. The largest absolute Gasteiger partial charge is 0.433 e. The van der Waals surface area contributed by atoms with Gasteiger partial charge in [-0.15, -0.1) is 0 Å². The van der Waals surface area contributed by atoms with E-state index in [1.165, 1.54) is 0 Å². The van der Waals surface area contributed by atoms with Crippen LogP contribution in [0.2, 0.25) is 0 Å². The summed E-state index contributed by atoms with van der Waals surface area (Å²) in [4.78, 5) is 9.26. The molecule has 2 aromatic rings. The number of hydrogen-bond donors (Lipinski definition) is 1. The first-order valence-electron chi connectivity index (χ1n) is 6.24. The Hall–Kier alpha value is -2.31. The van der Waals surface area contributed by atoms with E-state index in [1.807, 2.05) is 25.1 Å². The molecule has 0 aliphatic rings. The molecule has 0 aliphatic heterocycles. The minimum Gasteiger partial charge on any atom is -0.396 e. The fraction of sp³-hybridized carbons (Fsp3) is 0.286. The van der Waals surface area contributed by atoms with Gasteiger partial charge in [-0.25, -0.2) is 4.98 Å². The maximum atomic E-state index is 12.7. The number of rotatable bonds is 3. The number of hydrogen-bond acceptors (Lipinski definition) is 4. The van der Waals surface area contributed by atoms with E-state index in [0.717, 1.165) is 23.7 Å². The predicted molar refractivity (Wildman–Crippen MR) is 74.7 cm³/mol. The molecule has 21 heavy (non-hydrogen) atoms. The summed E-state index contributed by atoms with van der Waals surface area (Å²) in [7, 11) is 1.66. The van der Waals surface area contributed by atoms with E-state index in [-0.39, 0.29) is 11.4 Å². The second-order valence-corrected chi connectivity index (χ2v) is 4.75. The van der Waals surface area contributed by atoms with Gasteiger partial charge in [0.25, 0.3) is 0 Å². The predicted octanol–water partition coefficient (Wildman–Crippen LogP) is 3.02. The summed E-state index contributed by atoms with van der Waals surface area (Å²) in [6.45, 7) is 2.21. The summed E-state index contributed by atoms with van der Waals surface area (Å²) in [5.41, 5.74) is 6.83. The number of nitrogen functional groups attached to an aromatic ring is 1. The van der Waals surface area contributed by atoms with E-state index in [1.54, 1.807) is 11.9 Å². The number of anilines is 2. The topological polar surface area (TPSA) is 55.0 Å². The summed E-state index contributed by atoms with van der Waals surface area (Å²) in [6.07, 6.45) is -3.47. The molecule has 2 rings (SSSR count). The lowest BCUT2D eigenvalue weighted by atomic mass is 10.2. The molecule has 112 valence electrons. The molecule has 0 spiro atoms. The minimum absolute atomic E-state index is 0.193. The lowest BCUT2D eigenvalue weighted by molar-refractivity contribution is -0.141. The summed E-state index contributed by atoms with van der Waals surface area (Å²) in [6, 6.07) is 6.46. The fourth-order valence-electron chi connectivity index (χ4n) is 1.96. The minimum atomic E-state index is -4.50. The van der Waals surface area contributed by atoms with Crippen LogP contribution in [0.15, 0.2) is 30.5 Å². The number of nitrogens with zero attached hydrogens (tertiary/aromatic N) is 3. The van der Waals surface area contributed by atoms with Gasteiger partial charge in [0.1, 0.15) is 5.69 Å². The molecule has 0 saturated carbocycles. The summed E-state index contributed by atoms with van der Waals surface area (Å²) >= 11 is 0. The Bertz CT molecular complexity index is 640. The van der Waals surface area contributed by atoms with Gasteiger partial charge in [0, 0.05) is 12.7 Å². The Morgan fingerprint density at radius 2 is 2.00 bits per heavy atom. The zero-order valence-electron chi connectivity index (χ0n) is 11.6. The summed E-state index contributed by atoms with van der Waals surface area (Å²) in [5.74, 6) is 0. The Labute approximate surface area is 120 Å². The van der Waals surface area contributed by atoms with Crippen molar-refractivity contribution >= 4 is 11.4 Å². The van der Waals surface area contributed by atoms with Crippen molar-refractivity contribution in [3.05, 3.63) is 47.5 Å². The van der Waals surface area contributed by atoms with Gasteiger partial charge < -0.3 is 10.6 Å². The van der Waals surface area contributed by atoms with E-state index in [4.69, 9.17) is 5.73 Å². The van der Waals surface area contributed by atoms with E-state index in [9.17, 15) is 13.2 Å². The number of nitrogens with two attached hydrogens (primary N) is 1. The average molecular weight is 296 g/mol. The quantitative estimate of drug-likeness (QED) is 0.946. The molecule has 2 aromatic heterocycles. The summed E-state index contributed by atoms with van der Waals surface area (Å²) in [5, 5.41) is 0. The molecule has 0 unspecified atom stereocenters. The molecule has 2 N–H and O–H groups in total. The van der Waals surface area contributed by atoms with Crippen molar-refractivity contribution in [1.29, 1.82) is 0 Å². The molecule has 4 nitrogen and oxygen atoms in total. The summed E-state index contributed by atoms with van der Waals surface area (Å²) < 4.78 is 38.1. The van der Waals surface area contributed by atoms with E-state index in [2.05, 4.69) is 9.97 Å². The first-order valence-corrected chi connectivity index (χ1v) is 6.24. The second kappa shape index (κ2) is 5.59. The van der Waals surface area contributed by atoms with Crippen LogP contribution in [-0.2, 0) is 12.7 Å². The van der Waals surface area contributed by atoms with Gasteiger partial charge in [0.05, 0.1) is 29.8 Å². The van der Waals surface area contributed by atoms with Gasteiger partial charge in [-0.2, -0.15) is 13.2 Å². The van der Waals surface area contributed by atoms with Gasteiger partial charge in [0.2, 0.25) is 0 Å². The highest BCUT2D eigenvalue weighted by Crippen LogP contribution is 2.32. The molecular formula is C14H15F3N4. The van der Waals surface area contributed by atoms with E-state index in [0.29, 0.717) is 6.54 Å². The van der Waals surface area contributed by atoms with Crippen molar-refractivity contribution < 1.29 is 13.2 Å². The SMILES string of the molecule is Cc1cccc(CN(C)c2cc(C(F)(F)F)ncc2N)n1. The molecule has 0 bridgehead atoms. The molecule has 0 radical (unpaired) electrons. The smallest absolute Gasteiger partial charge is 0.396 e. The first kappa shape index (κ1) is 15.1. The van der Waals surface area contributed by atoms with Crippen LogP contribution in [0.5, 0.6) is 0 Å². The molecule has 0 aliphatic carbocycles. The molecule has 7 heteroatoms. The number of aryl methyl sites for hydroxylation is 1. The molecule has 2 heterocycles. The molecule has 0 saturated heterocycles. The van der Waals surface area contributed by atoms with Gasteiger partial charge >= 0.3 is 6.18 Å². The fourth-order valence-corrected chi connectivity index (χ4v) is 1.96. The number of halogens is 3. The Morgan fingerprint density at radius 3 is 2.62 bits per heavy atom. The maximum absolute atomic E-state index is 12.7. The van der Waals surface area contributed by atoms with Crippen LogP contribution >= 0.6 is 0 Å². The second-order valence-electron chi connectivity index (χ2n) is 4.75. The van der Waals surface area contributed by atoms with Crippen molar-refractivity contribution in [1.82, 2.24) is 9.97 Å². The number of aromatic nitrogens is 2. The number of pyridine rings is 2. The van der Waals surface area contributed by atoms with E-state index < -0.39 is 11.9 Å². The third kappa shape index (κ3) is 3.62. The third-order valence-corrected chi connectivity index (χ3v) is 2.96. The molecule has 0 atom stereocenters. The van der Waals surface area contributed by atoms with Crippen molar-refractivity contribution in [3.63, 3.8) is 0 Å². The third-order valence-electron chi connectivity index (χ3n) is 2.96. The number of alkyl halides is 3. The standard InChI is InChI=1S/C14H15F3N4/c1-9-4-3-5-10(20-9)8-21(2)12-6-13(14(15,16)17)19-7-11(12)18/h3-7H,8,18H2,1-2H3. The Balaban J connectivity index is 2.28. The highest BCUT2D eigenvalue weighted by atomic mass is 19.4. The Morgan fingerprint density at radius 1 is 1.29 bits per heavy atom. The average Bonchev–Trinajstić information content (AvgIpc) is 2.37. The highest BCUT2D eigenvalue weighted by Gasteiger charge is 2.33. The van der Waals surface area contributed by atoms with Gasteiger partial charge in [-0.3, -0.25) is 4.98 Å². The van der Waals surface area contributed by atoms with Crippen LogP contribution < -0.4 is 10.6 Å². The van der Waals surface area contributed by atoms with Crippen LogP contribution in [0.1, 0.15) is 17.1 Å². The van der Waals surface area contributed by atoms with Gasteiger partial charge in [0.15, 0.2) is 0 Å². The van der Waals surface area contributed by atoms with Gasteiger partial charge in [-0.05, 0) is 25.1 Å².